The number of ether oxygens (including phenoxy) is 1. The fraction of sp³-hybridized carbons (Fsp3) is 0.200. The first-order chi connectivity index (χ1) is 9.69. The van der Waals surface area contributed by atoms with Crippen LogP contribution in [0.4, 0.5) is 5.69 Å². The molecule has 0 spiro atoms. The summed E-state index contributed by atoms with van der Waals surface area (Å²) < 4.78 is 10.5. The molecular weight excluding hydrogens is 256 g/mol. The molecular formula is C15H14N2O3. The summed E-state index contributed by atoms with van der Waals surface area (Å²) in [6.45, 7) is 1.90. The molecule has 0 saturated heterocycles. The number of furan rings is 1. The van der Waals surface area contributed by atoms with Crippen LogP contribution in [0, 0.1) is 11.3 Å². The molecule has 1 N–H and O–H groups in total. The van der Waals surface area contributed by atoms with Crippen molar-refractivity contribution in [3.05, 3.63) is 54.0 Å². The number of nitriles is 1. The quantitative estimate of drug-likeness (QED) is 0.906. The largest absolute Gasteiger partial charge is 0.467 e. The van der Waals surface area contributed by atoms with Gasteiger partial charge in [-0.25, -0.2) is 0 Å². The Morgan fingerprint density at radius 2 is 2.30 bits per heavy atom. The second-order valence-electron chi connectivity index (χ2n) is 4.21. The lowest BCUT2D eigenvalue weighted by Gasteiger charge is -2.12. The molecule has 2 aromatic rings. The van der Waals surface area contributed by atoms with E-state index in [0.717, 1.165) is 0 Å². The molecule has 5 heteroatoms. The minimum Gasteiger partial charge on any atom is -0.467 e. The molecule has 0 saturated carbocycles. The van der Waals surface area contributed by atoms with Crippen molar-refractivity contribution in [2.24, 2.45) is 0 Å². The molecule has 1 heterocycles. The maximum absolute atomic E-state index is 11.9. The Morgan fingerprint density at radius 3 is 3.00 bits per heavy atom. The molecule has 1 aromatic heterocycles. The number of amides is 1. The fourth-order valence-electron chi connectivity index (χ4n) is 1.59. The number of carbonyl (C=O) groups excluding carboxylic acids is 1. The number of benzene rings is 1. The van der Waals surface area contributed by atoms with Gasteiger partial charge in [0.1, 0.15) is 18.5 Å². The van der Waals surface area contributed by atoms with Gasteiger partial charge in [0, 0.05) is 5.69 Å². The number of rotatable bonds is 5. The molecule has 102 valence electrons. The van der Waals surface area contributed by atoms with Crippen molar-refractivity contribution in [1.29, 1.82) is 5.26 Å². The zero-order valence-corrected chi connectivity index (χ0v) is 11.0. The lowest BCUT2D eigenvalue weighted by atomic mass is 10.2. The van der Waals surface area contributed by atoms with Crippen molar-refractivity contribution >= 4 is 11.6 Å². The van der Waals surface area contributed by atoms with Crippen molar-refractivity contribution in [2.45, 2.75) is 19.6 Å². The van der Waals surface area contributed by atoms with Crippen LogP contribution in [-0.2, 0) is 16.1 Å². The Labute approximate surface area is 116 Å². The van der Waals surface area contributed by atoms with Gasteiger partial charge < -0.3 is 14.5 Å². The number of anilines is 1. The lowest BCUT2D eigenvalue weighted by Crippen LogP contribution is -2.27. The number of nitrogens with zero attached hydrogens (tertiary/aromatic N) is 1. The molecule has 0 aliphatic carbocycles. The molecule has 1 amide bonds. The van der Waals surface area contributed by atoms with Crippen molar-refractivity contribution < 1.29 is 13.9 Å². The zero-order chi connectivity index (χ0) is 14.4. The van der Waals surface area contributed by atoms with Crippen molar-refractivity contribution in [2.75, 3.05) is 5.32 Å². The maximum Gasteiger partial charge on any atom is 0.253 e. The first-order valence-corrected chi connectivity index (χ1v) is 6.14. The molecule has 0 fully saturated rings. The molecule has 1 unspecified atom stereocenters. The standard InChI is InChI=1S/C15H14N2O3/c1-11(20-10-14-6-3-7-19-14)15(18)17-13-5-2-4-12(8-13)9-16/h2-8,11H,10H2,1H3,(H,17,18). The molecule has 0 radical (unpaired) electrons. The fourth-order valence-corrected chi connectivity index (χ4v) is 1.59. The van der Waals surface area contributed by atoms with Crippen LogP contribution in [0.2, 0.25) is 0 Å². The number of hydrogen-bond donors (Lipinski definition) is 1. The van der Waals surface area contributed by atoms with Crippen LogP contribution >= 0.6 is 0 Å². The lowest BCUT2D eigenvalue weighted by molar-refractivity contribution is -0.127. The predicted octanol–water partition coefficient (Wildman–Crippen LogP) is 2.70. The van der Waals surface area contributed by atoms with Gasteiger partial charge in [-0.2, -0.15) is 5.26 Å². The maximum atomic E-state index is 11.9. The molecule has 0 aliphatic heterocycles. The SMILES string of the molecule is CC(OCc1ccco1)C(=O)Nc1cccc(C#N)c1. The van der Waals surface area contributed by atoms with Gasteiger partial charge >= 0.3 is 0 Å². The Hall–Kier alpha value is -2.58. The molecule has 0 aliphatic rings. The van der Waals surface area contributed by atoms with E-state index in [1.807, 2.05) is 6.07 Å². The average molecular weight is 270 g/mol. The molecule has 20 heavy (non-hydrogen) atoms. The summed E-state index contributed by atoms with van der Waals surface area (Å²) in [6.07, 6.45) is 0.933. The van der Waals surface area contributed by atoms with Gasteiger partial charge in [0.25, 0.3) is 5.91 Å². The van der Waals surface area contributed by atoms with Gasteiger partial charge in [-0.05, 0) is 37.3 Å². The summed E-state index contributed by atoms with van der Waals surface area (Å²) in [4.78, 5) is 11.9. The molecule has 0 bridgehead atoms. The Bertz CT molecular complexity index is 614. The van der Waals surface area contributed by atoms with Crippen LogP contribution in [0.1, 0.15) is 18.2 Å². The van der Waals surface area contributed by atoms with Crippen LogP contribution in [-0.4, -0.2) is 12.0 Å². The van der Waals surface area contributed by atoms with Crippen LogP contribution in [0.25, 0.3) is 0 Å². The highest BCUT2D eigenvalue weighted by atomic mass is 16.5. The summed E-state index contributed by atoms with van der Waals surface area (Å²) in [5.41, 5.74) is 1.06. The smallest absolute Gasteiger partial charge is 0.253 e. The average Bonchev–Trinajstić information content (AvgIpc) is 2.98. The highest BCUT2D eigenvalue weighted by molar-refractivity contribution is 5.94. The highest BCUT2D eigenvalue weighted by Gasteiger charge is 2.14. The number of nitrogens with one attached hydrogen (secondary N) is 1. The van der Waals surface area contributed by atoms with E-state index in [9.17, 15) is 4.79 Å². The second-order valence-corrected chi connectivity index (χ2v) is 4.21. The molecule has 1 aromatic carbocycles. The summed E-state index contributed by atoms with van der Waals surface area (Å²) in [7, 11) is 0. The van der Waals surface area contributed by atoms with Crippen molar-refractivity contribution in [3.8, 4) is 6.07 Å². The van der Waals surface area contributed by atoms with Gasteiger partial charge in [0.15, 0.2) is 0 Å². The van der Waals surface area contributed by atoms with Crippen LogP contribution in [0.3, 0.4) is 0 Å². The first kappa shape index (κ1) is 13.8. The van der Waals surface area contributed by atoms with E-state index in [2.05, 4.69) is 5.32 Å². The van der Waals surface area contributed by atoms with E-state index < -0.39 is 6.10 Å². The summed E-state index contributed by atoms with van der Waals surface area (Å²) in [6, 6.07) is 12.3. The van der Waals surface area contributed by atoms with E-state index in [0.29, 0.717) is 17.0 Å². The minimum absolute atomic E-state index is 0.236. The zero-order valence-electron chi connectivity index (χ0n) is 11.0. The van der Waals surface area contributed by atoms with E-state index in [1.54, 1.807) is 49.6 Å². The Balaban J connectivity index is 1.88. The van der Waals surface area contributed by atoms with E-state index in [-0.39, 0.29) is 12.5 Å². The third kappa shape index (κ3) is 3.70. The number of carbonyl (C=O) groups is 1. The third-order valence-corrected chi connectivity index (χ3v) is 2.68. The monoisotopic (exact) mass is 270 g/mol. The van der Waals surface area contributed by atoms with E-state index in [4.69, 9.17) is 14.4 Å². The molecule has 2 rings (SSSR count). The number of hydrogen-bond acceptors (Lipinski definition) is 4. The van der Waals surface area contributed by atoms with Gasteiger partial charge in [-0.3, -0.25) is 4.79 Å². The van der Waals surface area contributed by atoms with Gasteiger partial charge in [-0.15, -0.1) is 0 Å². The minimum atomic E-state index is -0.620. The first-order valence-electron chi connectivity index (χ1n) is 6.14. The van der Waals surface area contributed by atoms with E-state index in [1.165, 1.54) is 0 Å². The third-order valence-electron chi connectivity index (χ3n) is 2.68. The predicted molar refractivity (Wildman–Crippen MR) is 72.7 cm³/mol. The highest BCUT2D eigenvalue weighted by Crippen LogP contribution is 2.11. The normalized spacial score (nSPS) is 11.6. The molecule has 5 nitrogen and oxygen atoms in total. The van der Waals surface area contributed by atoms with Crippen LogP contribution in [0.5, 0.6) is 0 Å². The summed E-state index contributed by atoms with van der Waals surface area (Å²) in [5, 5.41) is 11.5. The molecule has 1 atom stereocenters. The van der Waals surface area contributed by atoms with Crippen molar-refractivity contribution in [3.63, 3.8) is 0 Å². The van der Waals surface area contributed by atoms with E-state index >= 15 is 0 Å². The summed E-state index contributed by atoms with van der Waals surface area (Å²) in [5.74, 6) is 0.391. The van der Waals surface area contributed by atoms with Crippen molar-refractivity contribution in [1.82, 2.24) is 0 Å². The van der Waals surface area contributed by atoms with Gasteiger partial charge in [0.05, 0.1) is 17.9 Å². The second kappa shape index (κ2) is 6.55. The van der Waals surface area contributed by atoms with Gasteiger partial charge in [-0.1, -0.05) is 6.07 Å². The van der Waals surface area contributed by atoms with Crippen LogP contribution in [0.15, 0.2) is 47.1 Å². The Kier molecular flexibility index (Phi) is 4.53. The summed E-state index contributed by atoms with van der Waals surface area (Å²) >= 11 is 0. The van der Waals surface area contributed by atoms with Gasteiger partial charge in [0.2, 0.25) is 0 Å². The van der Waals surface area contributed by atoms with Crippen LogP contribution < -0.4 is 5.32 Å². The Morgan fingerprint density at radius 1 is 1.45 bits per heavy atom. The topological polar surface area (TPSA) is 75.3 Å².